The van der Waals surface area contributed by atoms with Crippen molar-refractivity contribution in [1.29, 1.82) is 0 Å². The highest BCUT2D eigenvalue weighted by Crippen LogP contribution is 2.32. The molecule has 0 amide bonds. The molecule has 0 aliphatic heterocycles. The summed E-state index contributed by atoms with van der Waals surface area (Å²) in [5.74, 6) is 0.317. The third-order valence-electron chi connectivity index (χ3n) is 4.32. The van der Waals surface area contributed by atoms with E-state index in [1.54, 1.807) is 0 Å². The molecule has 0 aromatic carbocycles. The minimum atomic E-state index is -0.925. The molecular formula is C15H22N2O2. The largest absolute Gasteiger partial charge is 0.478 e. The van der Waals surface area contributed by atoms with Gasteiger partial charge < -0.3 is 10.4 Å². The van der Waals surface area contributed by atoms with Crippen LogP contribution in [0.2, 0.25) is 0 Å². The first-order chi connectivity index (χ1) is 8.99. The zero-order chi connectivity index (χ0) is 14.0. The van der Waals surface area contributed by atoms with E-state index in [2.05, 4.69) is 24.1 Å². The summed E-state index contributed by atoms with van der Waals surface area (Å²) in [6.45, 7) is 6.40. The van der Waals surface area contributed by atoms with Crippen molar-refractivity contribution in [3.05, 3.63) is 23.5 Å². The summed E-state index contributed by atoms with van der Waals surface area (Å²) < 4.78 is 0. The Hall–Kier alpha value is -1.58. The molecule has 4 heteroatoms. The summed E-state index contributed by atoms with van der Waals surface area (Å²) in [4.78, 5) is 15.3. The molecule has 1 aromatic rings. The summed E-state index contributed by atoms with van der Waals surface area (Å²) in [7, 11) is 0. The van der Waals surface area contributed by atoms with Gasteiger partial charge in [0.2, 0.25) is 0 Å². The molecule has 1 aliphatic carbocycles. The second-order valence-corrected chi connectivity index (χ2v) is 5.69. The predicted molar refractivity (Wildman–Crippen MR) is 75.5 cm³/mol. The van der Waals surface area contributed by atoms with E-state index in [9.17, 15) is 9.90 Å². The van der Waals surface area contributed by atoms with Crippen molar-refractivity contribution in [2.75, 3.05) is 5.32 Å². The van der Waals surface area contributed by atoms with E-state index < -0.39 is 5.97 Å². The molecule has 0 saturated heterocycles. The van der Waals surface area contributed by atoms with E-state index in [1.165, 1.54) is 19.0 Å². The Morgan fingerprint density at radius 2 is 2.16 bits per heavy atom. The number of rotatable bonds is 3. The molecule has 1 aromatic heterocycles. The van der Waals surface area contributed by atoms with Crippen molar-refractivity contribution in [3.8, 4) is 0 Å². The van der Waals surface area contributed by atoms with Crippen LogP contribution in [0.4, 0.5) is 5.69 Å². The van der Waals surface area contributed by atoms with Crippen LogP contribution in [0, 0.1) is 18.8 Å². The topological polar surface area (TPSA) is 62.2 Å². The van der Waals surface area contributed by atoms with E-state index in [0.717, 1.165) is 12.1 Å². The van der Waals surface area contributed by atoms with E-state index in [1.807, 2.05) is 13.0 Å². The molecule has 19 heavy (non-hydrogen) atoms. The first-order valence-corrected chi connectivity index (χ1v) is 6.95. The Balaban J connectivity index is 2.22. The molecule has 2 N–H and O–H groups in total. The van der Waals surface area contributed by atoms with Crippen molar-refractivity contribution in [1.82, 2.24) is 4.98 Å². The van der Waals surface area contributed by atoms with Crippen molar-refractivity contribution in [2.45, 2.75) is 46.1 Å². The Bertz CT molecular complexity index is 473. The van der Waals surface area contributed by atoms with Gasteiger partial charge in [0.05, 0.1) is 5.69 Å². The lowest BCUT2D eigenvalue weighted by atomic mass is 9.78. The zero-order valence-corrected chi connectivity index (χ0v) is 11.8. The lowest BCUT2D eigenvalue weighted by molar-refractivity contribution is 0.0697. The highest BCUT2D eigenvalue weighted by atomic mass is 16.4. The van der Waals surface area contributed by atoms with Crippen LogP contribution in [-0.4, -0.2) is 22.1 Å². The highest BCUT2D eigenvalue weighted by molar-refractivity contribution is 5.93. The van der Waals surface area contributed by atoms with Crippen LogP contribution < -0.4 is 5.32 Å². The van der Waals surface area contributed by atoms with E-state index in [0.29, 0.717) is 23.6 Å². The lowest BCUT2D eigenvalue weighted by Crippen LogP contribution is -2.35. The summed E-state index contributed by atoms with van der Waals surface area (Å²) >= 11 is 0. The van der Waals surface area contributed by atoms with Gasteiger partial charge in [0.15, 0.2) is 0 Å². The Kier molecular flexibility index (Phi) is 4.08. The van der Waals surface area contributed by atoms with Crippen molar-refractivity contribution in [2.24, 2.45) is 11.8 Å². The summed E-state index contributed by atoms with van der Waals surface area (Å²) in [5.41, 5.74) is 1.80. The molecule has 3 unspecified atom stereocenters. The van der Waals surface area contributed by atoms with E-state index >= 15 is 0 Å². The van der Waals surface area contributed by atoms with Crippen LogP contribution in [0.3, 0.4) is 0 Å². The standard InChI is InChI=1S/C15H22N2O2/c1-9-5-4-6-13(11(9)3)17-14-7-10(2)16-8-12(14)15(18)19/h7-9,11,13H,4-6H2,1-3H3,(H,16,17)(H,18,19). The number of carboxylic acids is 1. The number of nitrogens with zero attached hydrogens (tertiary/aromatic N) is 1. The smallest absolute Gasteiger partial charge is 0.339 e. The van der Waals surface area contributed by atoms with Crippen LogP contribution >= 0.6 is 0 Å². The van der Waals surface area contributed by atoms with Gasteiger partial charge in [-0.2, -0.15) is 0 Å². The number of nitrogens with one attached hydrogen (secondary N) is 1. The molecule has 4 nitrogen and oxygen atoms in total. The molecule has 2 rings (SSSR count). The Morgan fingerprint density at radius 3 is 2.84 bits per heavy atom. The van der Waals surface area contributed by atoms with Gasteiger partial charge in [0, 0.05) is 17.9 Å². The van der Waals surface area contributed by atoms with Gasteiger partial charge in [0.1, 0.15) is 5.56 Å². The summed E-state index contributed by atoms with van der Waals surface area (Å²) in [6.07, 6.45) is 5.01. The third kappa shape index (κ3) is 3.06. The summed E-state index contributed by atoms with van der Waals surface area (Å²) in [6, 6.07) is 2.18. The minimum Gasteiger partial charge on any atom is -0.478 e. The van der Waals surface area contributed by atoms with E-state index in [-0.39, 0.29) is 5.56 Å². The molecule has 1 heterocycles. The first kappa shape index (κ1) is 13.8. The molecule has 1 fully saturated rings. The van der Waals surface area contributed by atoms with Gasteiger partial charge in [-0.25, -0.2) is 4.79 Å². The maximum absolute atomic E-state index is 11.2. The average Bonchev–Trinajstić information content (AvgIpc) is 2.35. The molecule has 1 saturated carbocycles. The van der Waals surface area contributed by atoms with E-state index in [4.69, 9.17) is 0 Å². The molecule has 1 aliphatic rings. The number of hydrogen-bond donors (Lipinski definition) is 2. The maximum atomic E-state index is 11.2. The van der Waals surface area contributed by atoms with Crippen molar-refractivity contribution < 1.29 is 9.90 Å². The summed E-state index contributed by atoms with van der Waals surface area (Å²) in [5, 5.41) is 12.7. The Morgan fingerprint density at radius 1 is 1.42 bits per heavy atom. The van der Waals surface area contributed by atoms with Crippen LogP contribution in [-0.2, 0) is 0 Å². The van der Waals surface area contributed by atoms with Gasteiger partial charge in [-0.1, -0.05) is 26.7 Å². The molecule has 0 bridgehead atoms. The van der Waals surface area contributed by atoms with Crippen molar-refractivity contribution in [3.63, 3.8) is 0 Å². The molecular weight excluding hydrogens is 240 g/mol. The quantitative estimate of drug-likeness (QED) is 0.877. The molecule has 0 spiro atoms. The number of anilines is 1. The molecule has 104 valence electrons. The molecule has 0 radical (unpaired) electrons. The van der Waals surface area contributed by atoms with Crippen molar-refractivity contribution >= 4 is 11.7 Å². The van der Waals surface area contributed by atoms with Gasteiger partial charge in [-0.05, 0) is 31.2 Å². The second kappa shape index (κ2) is 5.59. The third-order valence-corrected chi connectivity index (χ3v) is 4.32. The van der Waals surface area contributed by atoms with Gasteiger partial charge >= 0.3 is 5.97 Å². The van der Waals surface area contributed by atoms with Crippen LogP contribution in [0.15, 0.2) is 12.3 Å². The van der Waals surface area contributed by atoms with Crippen LogP contribution in [0.1, 0.15) is 49.2 Å². The lowest BCUT2D eigenvalue weighted by Gasteiger charge is -2.35. The fourth-order valence-corrected chi connectivity index (χ4v) is 2.84. The second-order valence-electron chi connectivity index (χ2n) is 5.69. The fourth-order valence-electron chi connectivity index (χ4n) is 2.84. The number of carbonyl (C=O) groups is 1. The number of aromatic nitrogens is 1. The normalized spacial score (nSPS) is 27.0. The monoisotopic (exact) mass is 262 g/mol. The van der Waals surface area contributed by atoms with Gasteiger partial charge in [-0.3, -0.25) is 4.98 Å². The fraction of sp³-hybridized carbons (Fsp3) is 0.600. The van der Waals surface area contributed by atoms with Gasteiger partial charge in [0.25, 0.3) is 0 Å². The Labute approximate surface area is 114 Å². The number of pyridine rings is 1. The maximum Gasteiger partial charge on any atom is 0.339 e. The van der Waals surface area contributed by atoms with Gasteiger partial charge in [-0.15, -0.1) is 0 Å². The number of aryl methyl sites for hydroxylation is 1. The highest BCUT2D eigenvalue weighted by Gasteiger charge is 2.27. The zero-order valence-electron chi connectivity index (χ0n) is 11.8. The predicted octanol–water partition coefficient (Wildman–Crippen LogP) is 3.32. The van der Waals surface area contributed by atoms with Crippen LogP contribution in [0.25, 0.3) is 0 Å². The number of carboxylic acid groups (broad SMARTS) is 1. The number of aromatic carboxylic acids is 1. The average molecular weight is 262 g/mol. The minimum absolute atomic E-state index is 0.260. The van der Waals surface area contributed by atoms with Crippen LogP contribution in [0.5, 0.6) is 0 Å². The first-order valence-electron chi connectivity index (χ1n) is 6.95. The number of hydrogen-bond acceptors (Lipinski definition) is 3. The molecule has 3 atom stereocenters. The SMILES string of the molecule is Cc1cc(NC2CCCC(C)C2C)c(C(=O)O)cn1.